The number of hydrogen-bond acceptors (Lipinski definition) is 3. The fraction of sp³-hybridized carbons (Fsp3) is 0.417. The average molecular weight is 220 g/mol. The van der Waals surface area contributed by atoms with Crippen LogP contribution in [-0.2, 0) is 0 Å². The van der Waals surface area contributed by atoms with E-state index in [1.54, 1.807) is 0 Å². The van der Waals surface area contributed by atoms with E-state index in [4.69, 9.17) is 0 Å². The highest BCUT2D eigenvalue weighted by molar-refractivity contribution is 8.15. The largest absolute Gasteiger partial charge is 0.335 e. The predicted molar refractivity (Wildman–Crippen MR) is 68.8 cm³/mol. The third-order valence-electron chi connectivity index (χ3n) is 2.44. The monoisotopic (exact) mass is 220 g/mol. The second kappa shape index (κ2) is 4.71. The molecule has 0 aromatic heterocycles. The molecule has 15 heavy (non-hydrogen) atoms. The van der Waals surface area contributed by atoms with E-state index in [-0.39, 0.29) is 0 Å². The Labute approximate surface area is 95.2 Å². The summed E-state index contributed by atoms with van der Waals surface area (Å²) in [5.41, 5.74) is 2.41. The SMILES string of the molecule is CC[C@@H]1CN=C(Nc2cccc(C)c2)S1. The summed E-state index contributed by atoms with van der Waals surface area (Å²) >= 11 is 1.85. The van der Waals surface area contributed by atoms with Crippen LogP contribution in [0.1, 0.15) is 18.9 Å². The minimum atomic E-state index is 0.664. The maximum Gasteiger partial charge on any atom is 0.161 e. The zero-order valence-electron chi connectivity index (χ0n) is 9.16. The fourth-order valence-corrected chi connectivity index (χ4v) is 2.50. The van der Waals surface area contributed by atoms with Crippen LogP contribution in [0.15, 0.2) is 29.3 Å². The van der Waals surface area contributed by atoms with E-state index in [0.29, 0.717) is 5.25 Å². The molecule has 1 aromatic carbocycles. The molecule has 0 amide bonds. The molecule has 0 radical (unpaired) electrons. The number of nitrogens with zero attached hydrogens (tertiary/aromatic N) is 1. The summed E-state index contributed by atoms with van der Waals surface area (Å²) in [4.78, 5) is 4.48. The van der Waals surface area contributed by atoms with Crippen molar-refractivity contribution >= 4 is 22.6 Å². The zero-order valence-corrected chi connectivity index (χ0v) is 9.97. The van der Waals surface area contributed by atoms with Crippen LogP contribution in [0.3, 0.4) is 0 Å². The summed E-state index contributed by atoms with van der Waals surface area (Å²) in [6.45, 7) is 5.27. The molecule has 0 bridgehead atoms. The molecule has 3 heteroatoms. The first-order valence-electron chi connectivity index (χ1n) is 5.32. The molecule has 1 atom stereocenters. The van der Waals surface area contributed by atoms with Crippen LogP contribution >= 0.6 is 11.8 Å². The van der Waals surface area contributed by atoms with E-state index in [9.17, 15) is 0 Å². The third kappa shape index (κ3) is 2.75. The Morgan fingerprint density at radius 2 is 2.40 bits per heavy atom. The van der Waals surface area contributed by atoms with Gasteiger partial charge in [0.15, 0.2) is 5.17 Å². The van der Waals surface area contributed by atoms with Crippen molar-refractivity contribution in [3.05, 3.63) is 29.8 Å². The number of aryl methyl sites for hydroxylation is 1. The van der Waals surface area contributed by atoms with Gasteiger partial charge in [0, 0.05) is 10.9 Å². The molecule has 0 fully saturated rings. The van der Waals surface area contributed by atoms with E-state index in [1.807, 2.05) is 11.8 Å². The Kier molecular flexibility index (Phi) is 3.31. The van der Waals surface area contributed by atoms with E-state index < -0.39 is 0 Å². The number of amidine groups is 1. The van der Waals surface area contributed by atoms with Gasteiger partial charge in [0.05, 0.1) is 6.54 Å². The summed E-state index contributed by atoms with van der Waals surface area (Å²) in [5.74, 6) is 0. The van der Waals surface area contributed by atoms with E-state index in [2.05, 4.69) is 48.4 Å². The molecule has 1 N–H and O–H groups in total. The van der Waals surface area contributed by atoms with Crippen LogP contribution < -0.4 is 5.32 Å². The number of thioether (sulfide) groups is 1. The topological polar surface area (TPSA) is 24.4 Å². The maximum absolute atomic E-state index is 4.48. The highest BCUT2D eigenvalue weighted by atomic mass is 32.2. The molecular weight excluding hydrogens is 204 g/mol. The summed E-state index contributed by atoms with van der Waals surface area (Å²) in [6.07, 6.45) is 1.19. The highest BCUT2D eigenvalue weighted by Crippen LogP contribution is 2.24. The van der Waals surface area contributed by atoms with Crippen LogP contribution in [-0.4, -0.2) is 17.0 Å². The highest BCUT2D eigenvalue weighted by Gasteiger charge is 2.17. The van der Waals surface area contributed by atoms with Crippen molar-refractivity contribution in [3.63, 3.8) is 0 Å². The Morgan fingerprint density at radius 3 is 3.07 bits per heavy atom. The van der Waals surface area contributed by atoms with Gasteiger partial charge in [-0.25, -0.2) is 0 Å². The molecule has 0 aliphatic carbocycles. The molecule has 0 unspecified atom stereocenters. The molecule has 1 aromatic rings. The second-order valence-corrected chi connectivity index (χ2v) is 5.08. The maximum atomic E-state index is 4.48. The quantitative estimate of drug-likeness (QED) is 0.827. The van der Waals surface area contributed by atoms with Gasteiger partial charge in [0.1, 0.15) is 0 Å². The van der Waals surface area contributed by atoms with Gasteiger partial charge in [-0.15, -0.1) is 0 Å². The Bertz CT molecular complexity index is 374. The first-order valence-corrected chi connectivity index (χ1v) is 6.20. The Balaban J connectivity index is 1.98. The normalized spacial score (nSPS) is 20.1. The van der Waals surface area contributed by atoms with Gasteiger partial charge in [-0.2, -0.15) is 0 Å². The average Bonchev–Trinajstić information content (AvgIpc) is 2.65. The van der Waals surface area contributed by atoms with E-state index in [1.165, 1.54) is 12.0 Å². The second-order valence-electron chi connectivity index (χ2n) is 3.79. The lowest BCUT2D eigenvalue weighted by atomic mass is 10.2. The molecule has 80 valence electrons. The lowest BCUT2D eigenvalue weighted by Gasteiger charge is -2.07. The van der Waals surface area contributed by atoms with Crippen LogP contribution in [0.2, 0.25) is 0 Å². The van der Waals surface area contributed by atoms with Crippen LogP contribution in [0.4, 0.5) is 5.69 Å². The van der Waals surface area contributed by atoms with Gasteiger partial charge in [-0.1, -0.05) is 30.8 Å². The molecule has 1 aliphatic rings. The van der Waals surface area contributed by atoms with Gasteiger partial charge in [-0.05, 0) is 31.0 Å². The van der Waals surface area contributed by atoms with Crippen molar-refractivity contribution < 1.29 is 0 Å². The summed E-state index contributed by atoms with van der Waals surface area (Å²) < 4.78 is 0. The van der Waals surface area contributed by atoms with Crippen molar-refractivity contribution in [3.8, 4) is 0 Å². The molecule has 0 saturated carbocycles. The molecule has 2 rings (SSSR count). The lowest BCUT2D eigenvalue weighted by molar-refractivity contribution is 0.843. The Hall–Kier alpha value is -0.960. The van der Waals surface area contributed by atoms with Gasteiger partial charge < -0.3 is 5.32 Å². The first kappa shape index (κ1) is 10.6. The molecule has 1 heterocycles. The van der Waals surface area contributed by atoms with Crippen LogP contribution in [0, 0.1) is 6.92 Å². The summed E-state index contributed by atoms with van der Waals surface area (Å²) in [7, 11) is 0. The number of anilines is 1. The van der Waals surface area contributed by atoms with Crippen LogP contribution in [0.25, 0.3) is 0 Å². The molecular formula is C12H16N2S. The van der Waals surface area contributed by atoms with Gasteiger partial charge in [0.2, 0.25) is 0 Å². The zero-order chi connectivity index (χ0) is 10.7. The van der Waals surface area contributed by atoms with Crippen molar-refractivity contribution in [2.24, 2.45) is 4.99 Å². The fourth-order valence-electron chi connectivity index (χ4n) is 1.54. The molecule has 0 spiro atoms. The van der Waals surface area contributed by atoms with Gasteiger partial charge >= 0.3 is 0 Å². The number of nitrogens with one attached hydrogen (secondary N) is 1. The van der Waals surface area contributed by atoms with E-state index in [0.717, 1.165) is 17.4 Å². The molecule has 2 nitrogen and oxygen atoms in total. The standard InChI is InChI=1S/C12H16N2S/c1-3-11-8-13-12(15-11)14-10-6-4-5-9(2)7-10/h4-7,11H,3,8H2,1-2H3,(H,13,14)/t11-/m1/s1. The number of aliphatic imine (C=N–C) groups is 1. The Morgan fingerprint density at radius 1 is 1.53 bits per heavy atom. The van der Waals surface area contributed by atoms with E-state index >= 15 is 0 Å². The van der Waals surface area contributed by atoms with Crippen molar-refractivity contribution in [1.29, 1.82) is 0 Å². The smallest absolute Gasteiger partial charge is 0.161 e. The minimum absolute atomic E-state index is 0.664. The van der Waals surface area contributed by atoms with Crippen molar-refractivity contribution in [1.82, 2.24) is 0 Å². The summed E-state index contributed by atoms with van der Waals surface area (Å²) in [6, 6.07) is 8.39. The minimum Gasteiger partial charge on any atom is -0.335 e. The summed E-state index contributed by atoms with van der Waals surface area (Å²) in [5, 5.41) is 5.09. The number of hydrogen-bond donors (Lipinski definition) is 1. The van der Waals surface area contributed by atoms with Crippen molar-refractivity contribution in [2.45, 2.75) is 25.5 Å². The number of benzene rings is 1. The van der Waals surface area contributed by atoms with Crippen LogP contribution in [0.5, 0.6) is 0 Å². The lowest BCUT2D eigenvalue weighted by Crippen LogP contribution is -2.06. The predicted octanol–water partition coefficient (Wildman–Crippen LogP) is 3.29. The third-order valence-corrected chi connectivity index (χ3v) is 3.71. The van der Waals surface area contributed by atoms with Gasteiger partial charge in [-0.3, -0.25) is 4.99 Å². The van der Waals surface area contributed by atoms with Crippen molar-refractivity contribution in [2.75, 3.05) is 11.9 Å². The molecule has 0 saturated heterocycles. The number of rotatable bonds is 2. The first-order chi connectivity index (χ1) is 7.28. The molecule has 1 aliphatic heterocycles. The van der Waals surface area contributed by atoms with Gasteiger partial charge in [0.25, 0.3) is 0 Å².